The first-order valence-electron chi connectivity index (χ1n) is 2.30. The molecular weight excluding hydrogens is 220 g/mol. The van der Waals surface area contributed by atoms with Crippen molar-refractivity contribution >= 4 is 11.6 Å². The van der Waals surface area contributed by atoms with Crippen LogP contribution in [-0.2, 0) is 17.4 Å². The molecule has 0 fully saturated rings. The van der Waals surface area contributed by atoms with Gasteiger partial charge in [0.1, 0.15) is 0 Å². The third-order valence-corrected chi connectivity index (χ3v) is 0.556. The first-order chi connectivity index (χ1) is 5.50. The van der Waals surface area contributed by atoms with E-state index in [0.29, 0.717) is 0 Å². The fraction of sp³-hybridized carbons (Fsp3) is 0. The number of halogens is 1. The Balaban J connectivity index is -0.0000000406. The van der Waals surface area contributed by atoms with E-state index in [0.717, 1.165) is 0 Å². The first-order valence-corrected chi connectivity index (χ1v) is 2.83. The molecule has 6 heteroatoms. The van der Waals surface area contributed by atoms with Gasteiger partial charge in [-0.2, -0.15) is 18.2 Å². The van der Waals surface area contributed by atoms with Gasteiger partial charge in [0.25, 0.3) is 0 Å². The maximum atomic E-state index is 7.25. The van der Waals surface area contributed by atoms with E-state index in [9.17, 15) is 0 Å². The summed E-state index contributed by atoms with van der Waals surface area (Å²) in [4.78, 5) is 14.5. The van der Waals surface area contributed by atoms with Gasteiger partial charge in [-0.05, 0) is 0 Å². The van der Waals surface area contributed by atoms with Crippen molar-refractivity contribution in [2.75, 3.05) is 0 Å². The Kier molecular flexibility index (Phi) is 89.4. The molecule has 0 aliphatic carbocycles. The van der Waals surface area contributed by atoms with Crippen molar-refractivity contribution in [1.29, 1.82) is 0 Å². The van der Waals surface area contributed by atoms with Crippen molar-refractivity contribution in [1.82, 2.24) is 0 Å². The Bertz CT molecular complexity index is 99.1. The van der Waals surface area contributed by atoms with Crippen LogP contribution in [0.15, 0.2) is 30.3 Å². The van der Waals surface area contributed by atoms with Crippen LogP contribution >= 0.6 is 11.6 Å². The summed E-state index contributed by atoms with van der Waals surface area (Å²) in [7, 11) is 0. The Morgan fingerprint density at radius 2 is 1.25 bits per heavy atom. The smallest absolute Gasteiger partial charge is 0.577 e. The summed E-state index contributed by atoms with van der Waals surface area (Å²) in [5, 5.41) is 0. The second-order valence-corrected chi connectivity index (χ2v) is 0.962. The zero-order valence-electron chi connectivity index (χ0n) is 6.09. The molecule has 66 valence electrons. The standard InChI is InChI=1S/C5H5.CH2Cl.Cr.2NO/c1-2-4-5-3-1;1-2;;2*1-2/h1-5H;1H2;;;/q2*-1;+4;2*-1. The molecule has 0 aromatic heterocycles. The zero-order valence-corrected chi connectivity index (χ0v) is 8.12. The molecule has 12 heavy (non-hydrogen) atoms. The Hall–Kier alpha value is -0.628. The molecule has 0 heterocycles. The molecule has 0 aliphatic heterocycles. The summed E-state index contributed by atoms with van der Waals surface area (Å²) in [6.07, 6.45) is 2.72. The average Bonchev–Trinajstić information content (AvgIpc) is 2.71. The number of rotatable bonds is 0. The molecule has 0 spiro atoms. The second-order valence-electron chi connectivity index (χ2n) is 0.962. The van der Waals surface area contributed by atoms with E-state index in [1.165, 1.54) is 0 Å². The summed E-state index contributed by atoms with van der Waals surface area (Å²) >= 11 is 4.39. The molecule has 1 aromatic carbocycles. The van der Waals surface area contributed by atoms with Crippen LogP contribution in [0.5, 0.6) is 0 Å². The van der Waals surface area contributed by atoms with Crippen molar-refractivity contribution in [2.24, 2.45) is 0 Å². The molecule has 1 aromatic rings. The number of nitroso groups, excluding NO2 is 2. The maximum Gasteiger partial charge on any atom is 4.00 e. The van der Waals surface area contributed by atoms with Gasteiger partial charge in [-0.25, -0.2) is 12.1 Å². The molecular formula is C6H7ClCrN2O2. The Labute approximate surface area is 86.9 Å². The predicted octanol–water partition coefficient (Wildman–Crippen LogP) is 3.06. The van der Waals surface area contributed by atoms with E-state index in [1.54, 1.807) is 0 Å². The van der Waals surface area contributed by atoms with Gasteiger partial charge in [0, 0.05) is 0 Å². The normalized spacial score (nSPS) is 4.50. The third-order valence-electron chi connectivity index (χ3n) is 0.556. The third kappa shape index (κ3) is 34.4. The van der Waals surface area contributed by atoms with Crippen molar-refractivity contribution in [3.05, 3.63) is 57.7 Å². The molecule has 0 aliphatic rings. The predicted molar refractivity (Wildman–Crippen MR) is 46.7 cm³/mol. The van der Waals surface area contributed by atoms with Gasteiger partial charge in [0.05, 0.1) is 0 Å². The number of hydrogen-bond donors (Lipinski definition) is 0. The van der Waals surface area contributed by atoms with Crippen LogP contribution in [-0.4, -0.2) is 0 Å². The summed E-state index contributed by atoms with van der Waals surface area (Å²) < 4.78 is 0. The summed E-state index contributed by atoms with van der Waals surface area (Å²) in [5.41, 5.74) is 11.5. The van der Waals surface area contributed by atoms with Crippen LogP contribution in [0.2, 0.25) is 0 Å². The Morgan fingerprint density at radius 3 is 1.33 bits per heavy atom. The Morgan fingerprint density at radius 1 is 1.00 bits per heavy atom. The zero-order chi connectivity index (χ0) is 9.54. The summed E-state index contributed by atoms with van der Waals surface area (Å²) in [6, 6.07) is 10.0. The van der Waals surface area contributed by atoms with Gasteiger partial charge in [-0.3, -0.25) is 6.38 Å². The molecule has 0 saturated carbocycles. The molecule has 0 radical (unpaired) electrons. The van der Waals surface area contributed by atoms with Gasteiger partial charge >= 0.3 is 17.4 Å². The SMILES string of the molecule is [CH2-]Cl.[Cr+4].[N-]=O.[N-]=O.c1cc[cH-]c1. The molecule has 1 rings (SSSR count). The van der Waals surface area contributed by atoms with Gasteiger partial charge in [0.2, 0.25) is 0 Å². The van der Waals surface area contributed by atoms with Crippen molar-refractivity contribution in [3.63, 3.8) is 0 Å². The van der Waals surface area contributed by atoms with E-state index in [-0.39, 0.29) is 17.4 Å². The van der Waals surface area contributed by atoms with Crippen LogP contribution in [0.4, 0.5) is 0 Å². The quantitative estimate of drug-likeness (QED) is 0.637. The average molecular weight is 227 g/mol. The number of hydrogen-bond acceptors (Lipinski definition) is 2. The van der Waals surface area contributed by atoms with Gasteiger partial charge < -0.3 is 32.6 Å². The molecule has 0 amide bonds. The van der Waals surface area contributed by atoms with Crippen molar-refractivity contribution < 1.29 is 17.4 Å². The van der Waals surface area contributed by atoms with Gasteiger partial charge in [-0.1, -0.05) is 0 Å². The molecule has 4 nitrogen and oxygen atoms in total. The van der Waals surface area contributed by atoms with E-state index in [1.807, 2.05) is 30.3 Å². The fourth-order valence-electron chi connectivity index (χ4n) is 0.321. The van der Waals surface area contributed by atoms with Crippen molar-refractivity contribution in [3.8, 4) is 0 Å². The monoisotopic (exact) mass is 226 g/mol. The van der Waals surface area contributed by atoms with Crippen molar-refractivity contribution in [2.45, 2.75) is 0 Å². The summed E-state index contributed by atoms with van der Waals surface area (Å²) in [6.45, 7) is 0. The minimum atomic E-state index is 0. The molecule has 0 saturated heterocycles. The van der Waals surface area contributed by atoms with Crippen LogP contribution < -0.4 is 0 Å². The second kappa shape index (κ2) is 47.7. The fourth-order valence-corrected chi connectivity index (χ4v) is 0.321. The summed E-state index contributed by atoms with van der Waals surface area (Å²) in [5.74, 6) is 0. The van der Waals surface area contributed by atoms with E-state index in [4.69, 9.17) is 21.0 Å². The van der Waals surface area contributed by atoms with E-state index in [2.05, 4.69) is 18.0 Å². The molecule has 0 bridgehead atoms. The minimum Gasteiger partial charge on any atom is -0.577 e. The molecule has 0 atom stereocenters. The van der Waals surface area contributed by atoms with E-state index < -0.39 is 0 Å². The first kappa shape index (κ1) is 22.5. The van der Waals surface area contributed by atoms with Crippen LogP contribution in [0.3, 0.4) is 0 Å². The topological polar surface area (TPSA) is 78.7 Å². The van der Waals surface area contributed by atoms with Gasteiger partial charge in [0.15, 0.2) is 0 Å². The largest absolute Gasteiger partial charge is 4.00 e. The van der Waals surface area contributed by atoms with Crippen LogP contribution in [0, 0.1) is 16.2 Å². The van der Waals surface area contributed by atoms with Crippen LogP contribution in [0.1, 0.15) is 0 Å². The van der Waals surface area contributed by atoms with E-state index >= 15 is 0 Å². The van der Waals surface area contributed by atoms with Crippen LogP contribution in [0.25, 0.3) is 11.2 Å². The number of nitrogens with zero attached hydrogens (tertiary/aromatic N) is 2. The maximum absolute atomic E-state index is 7.25. The molecule has 0 unspecified atom stereocenters. The minimum absolute atomic E-state index is 0. The van der Waals surface area contributed by atoms with Gasteiger partial charge in [-0.15, -0.1) is 0 Å². The molecule has 0 N–H and O–H groups in total.